The second-order valence-electron chi connectivity index (χ2n) is 7.33. The lowest BCUT2D eigenvalue weighted by Crippen LogP contribution is -2.54. The van der Waals surface area contributed by atoms with Crippen LogP contribution in [0.2, 0.25) is 0 Å². The summed E-state index contributed by atoms with van der Waals surface area (Å²) in [5.41, 5.74) is -0.181. The molecule has 0 aliphatic carbocycles. The molecule has 0 radical (unpaired) electrons. The van der Waals surface area contributed by atoms with Crippen LogP contribution in [0.25, 0.3) is 0 Å². The van der Waals surface area contributed by atoms with Crippen LogP contribution in [-0.2, 0) is 11.3 Å². The normalized spacial score (nSPS) is 14.3. The van der Waals surface area contributed by atoms with Gasteiger partial charge in [0.1, 0.15) is 5.75 Å². The Bertz CT molecular complexity index is 572. The third kappa shape index (κ3) is 4.88. The highest BCUT2D eigenvalue weighted by molar-refractivity contribution is 5.22. The maximum atomic E-state index is 6.48. The molecule has 0 saturated heterocycles. The van der Waals surface area contributed by atoms with Gasteiger partial charge in [-0.05, 0) is 30.7 Å². The minimum atomic E-state index is -0.721. The van der Waals surface area contributed by atoms with Crippen LogP contribution < -0.4 is 4.74 Å². The first-order valence-electron chi connectivity index (χ1n) is 8.96. The first kappa shape index (κ1) is 18.6. The summed E-state index contributed by atoms with van der Waals surface area (Å²) in [6, 6.07) is 14.0. The van der Waals surface area contributed by atoms with Crippen molar-refractivity contribution in [2.24, 2.45) is 5.41 Å². The number of para-hydroxylation sites is 1. The molecule has 3 heteroatoms. The molecule has 0 amide bonds. The molecule has 1 unspecified atom stereocenters. The van der Waals surface area contributed by atoms with Crippen molar-refractivity contribution in [1.29, 1.82) is 0 Å². The van der Waals surface area contributed by atoms with Crippen molar-refractivity contribution in [3.63, 3.8) is 0 Å². The minimum Gasteiger partial charge on any atom is -0.460 e. The first-order valence-corrected chi connectivity index (χ1v) is 8.96. The van der Waals surface area contributed by atoms with Crippen molar-refractivity contribution in [3.8, 4) is 5.75 Å². The number of ether oxygens (including phenoxy) is 2. The second kappa shape index (κ2) is 8.39. The highest BCUT2D eigenvalue weighted by Gasteiger charge is 2.46. The van der Waals surface area contributed by atoms with Crippen molar-refractivity contribution in [2.75, 3.05) is 6.61 Å². The predicted octanol–water partition coefficient (Wildman–Crippen LogP) is 5.52. The molecule has 0 aliphatic rings. The minimum absolute atomic E-state index is 0.181. The van der Waals surface area contributed by atoms with Crippen LogP contribution in [0.3, 0.4) is 0 Å². The molecule has 1 atom stereocenters. The monoisotopic (exact) mass is 329 g/mol. The zero-order valence-corrected chi connectivity index (χ0v) is 15.5. The van der Waals surface area contributed by atoms with E-state index in [4.69, 9.17) is 9.47 Å². The van der Waals surface area contributed by atoms with Gasteiger partial charge in [-0.15, -0.1) is 0 Å². The Morgan fingerprint density at radius 2 is 1.58 bits per heavy atom. The summed E-state index contributed by atoms with van der Waals surface area (Å²) in [6.45, 7) is 10.1. The van der Waals surface area contributed by atoms with E-state index in [0.717, 1.165) is 12.2 Å². The summed E-state index contributed by atoms with van der Waals surface area (Å²) >= 11 is 0. The number of benzene rings is 1. The zero-order chi connectivity index (χ0) is 17.5. The Hall–Kier alpha value is -1.74. The van der Waals surface area contributed by atoms with E-state index < -0.39 is 5.79 Å². The van der Waals surface area contributed by atoms with Gasteiger partial charge < -0.3 is 14.0 Å². The standard InChI is InChI=1S/C21H31NO2/c1-5-6-12-17-23-21(20(2,3)4,18-22-15-10-11-16-22)24-19-13-8-7-9-14-19/h7-11,13-16H,5-6,12,17-18H2,1-4H3. The Morgan fingerprint density at radius 1 is 0.917 bits per heavy atom. The van der Waals surface area contributed by atoms with Crippen molar-refractivity contribution in [2.45, 2.75) is 59.3 Å². The Morgan fingerprint density at radius 3 is 2.17 bits per heavy atom. The molecule has 2 aromatic rings. The van der Waals surface area contributed by atoms with Gasteiger partial charge in [-0.25, -0.2) is 0 Å². The van der Waals surface area contributed by atoms with Gasteiger partial charge in [-0.1, -0.05) is 58.7 Å². The fourth-order valence-corrected chi connectivity index (χ4v) is 2.70. The molecule has 132 valence electrons. The first-order chi connectivity index (χ1) is 11.5. The van der Waals surface area contributed by atoms with Gasteiger partial charge in [-0.2, -0.15) is 0 Å². The van der Waals surface area contributed by atoms with Gasteiger partial charge in [0, 0.05) is 17.8 Å². The highest BCUT2D eigenvalue weighted by atomic mass is 16.7. The fourth-order valence-electron chi connectivity index (χ4n) is 2.70. The van der Waals surface area contributed by atoms with Gasteiger partial charge in [0.25, 0.3) is 0 Å². The van der Waals surface area contributed by atoms with Crippen LogP contribution in [0.5, 0.6) is 5.75 Å². The number of aromatic nitrogens is 1. The maximum Gasteiger partial charge on any atom is 0.233 e. The summed E-state index contributed by atoms with van der Waals surface area (Å²) in [7, 11) is 0. The summed E-state index contributed by atoms with van der Waals surface area (Å²) in [5.74, 6) is 0.122. The van der Waals surface area contributed by atoms with E-state index in [-0.39, 0.29) is 5.41 Å². The predicted molar refractivity (Wildman–Crippen MR) is 99.2 cm³/mol. The molecular formula is C21H31NO2. The van der Waals surface area contributed by atoms with E-state index in [1.54, 1.807) is 0 Å². The molecular weight excluding hydrogens is 298 g/mol. The summed E-state index contributed by atoms with van der Waals surface area (Å²) in [4.78, 5) is 0. The van der Waals surface area contributed by atoms with Crippen LogP contribution >= 0.6 is 0 Å². The van der Waals surface area contributed by atoms with E-state index in [1.165, 1.54) is 12.8 Å². The lowest BCUT2D eigenvalue weighted by Gasteiger charge is -2.44. The molecule has 3 nitrogen and oxygen atoms in total. The molecule has 2 rings (SSSR count). The molecule has 1 heterocycles. The highest BCUT2D eigenvalue weighted by Crippen LogP contribution is 2.38. The Kier molecular flexibility index (Phi) is 6.50. The van der Waals surface area contributed by atoms with Gasteiger partial charge in [0.05, 0.1) is 13.2 Å². The van der Waals surface area contributed by atoms with E-state index in [1.807, 2.05) is 42.5 Å². The molecule has 1 aromatic heterocycles. The topological polar surface area (TPSA) is 23.4 Å². The van der Waals surface area contributed by atoms with E-state index in [0.29, 0.717) is 13.2 Å². The Labute approximate surface area is 146 Å². The molecule has 0 fully saturated rings. The van der Waals surface area contributed by atoms with Gasteiger partial charge in [0.15, 0.2) is 0 Å². The molecule has 0 N–H and O–H groups in total. The number of rotatable bonds is 9. The summed E-state index contributed by atoms with van der Waals surface area (Å²) < 4.78 is 15.0. The number of hydrogen-bond donors (Lipinski definition) is 0. The van der Waals surface area contributed by atoms with Crippen LogP contribution in [0.4, 0.5) is 0 Å². The van der Waals surface area contributed by atoms with Crippen LogP contribution in [0.15, 0.2) is 54.9 Å². The SMILES string of the molecule is CCCCCOC(Cn1cccc1)(Oc1ccccc1)C(C)(C)C. The average molecular weight is 329 g/mol. The lowest BCUT2D eigenvalue weighted by atomic mass is 9.84. The van der Waals surface area contributed by atoms with Crippen molar-refractivity contribution < 1.29 is 9.47 Å². The lowest BCUT2D eigenvalue weighted by molar-refractivity contribution is -0.251. The third-order valence-corrected chi connectivity index (χ3v) is 4.31. The van der Waals surface area contributed by atoms with Gasteiger partial charge in [-0.3, -0.25) is 0 Å². The smallest absolute Gasteiger partial charge is 0.233 e. The van der Waals surface area contributed by atoms with Crippen LogP contribution in [-0.4, -0.2) is 17.0 Å². The average Bonchev–Trinajstić information content (AvgIpc) is 3.04. The Balaban J connectivity index is 2.27. The zero-order valence-electron chi connectivity index (χ0n) is 15.5. The van der Waals surface area contributed by atoms with Crippen LogP contribution in [0.1, 0.15) is 47.0 Å². The van der Waals surface area contributed by atoms with Crippen molar-refractivity contribution in [3.05, 3.63) is 54.9 Å². The molecule has 24 heavy (non-hydrogen) atoms. The molecule has 0 saturated carbocycles. The van der Waals surface area contributed by atoms with Gasteiger partial charge >= 0.3 is 0 Å². The summed E-state index contributed by atoms with van der Waals surface area (Å²) in [5, 5.41) is 0. The van der Waals surface area contributed by atoms with E-state index in [2.05, 4.69) is 44.7 Å². The molecule has 0 aliphatic heterocycles. The van der Waals surface area contributed by atoms with Gasteiger partial charge in [0.2, 0.25) is 5.79 Å². The number of hydrogen-bond acceptors (Lipinski definition) is 2. The third-order valence-electron chi connectivity index (χ3n) is 4.31. The molecule has 0 spiro atoms. The number of unbranched alkanes of at least 4 members (excludes halogenated alkanes) is 2. The van der Waals surface area contributed by atoms with Crippen molar-refractivity contribution >= 4 is 0 Å². The molecule has 0 bridgehead atoms. The second-order valence-corrected chi connectivity index (χ2v) is 7.33. The molecule has 1 aromatic carbocycles. The van der Waals surface area contributed by atoms with E-state index in [9.17, 15) is 0 Å². The van der Waals surface area contributed by atoms with Crippen molar-refractivity contribution in [1.82, 2.24) is 4.57 Å². The number of nitrogens with zero attached hydrogens (tertiary/aromatic N) is 1. The quantitative estimate of drug-likeness (QED) is 0.447. The summed E-state index contributed by atoms with van der Waals surface area (Å²) in [6.07, 6.45) is 7.53. The fraction of sp³-hybridized carbons (Fsp3) is 0.524. The largest absolute Gasteiger partial charge is 0.460 e. The maximum absolute atomic E-state index is 6.48. The van der Waals surface area contributed by atoms with E-state index >= 15 is 0 Å². The van der Waals surface area contributed by atoms with Crippen LogP contribution in [0, 0.1) is 5.41 Å².